The average molecular weight is 326 g/mol. The van der Waals surface area contributed by atoms with Crippen molar-refractivity contribution >= 4 is 5.52 Å². The fraction of sp³-hybridized carbons (Fsp3) is 0.143. The molecular formula is C21H18N4. The van der Waals surface area contributed by atoms with E-state index in [1.807, 2.05) is 35.4 Å². The van der Waals surface area contributed by atoms with Crippen LogP contribution in [0.1, 0.15) is 19.4 Å². The van der Waals surface area contributed by atoms with Crippen LogP contribution in [0.5, 0.6) is 0 Å². The molecule has 0 aliphatic carbocycles. The molecule has 4 rings (SSSR count). The van der Waals surface area contributed by atoms with Gasteiger partial charge < -0.3 is 0 Å². The molecule has 4 aromatic rings. The van der Waals surface area contributed by atoms with Crippen molar-refractivity contribution < 1.29 is 0 Å². The van der Waals surface area contributed by atoms with Crippen molar-refractivity contribution in [1.29, 1.82) is 0 Å². The second-order valence-corrected chi connectivity index (χ2v) is 6.26. The van der Waals surface area contributed by atoms with E-state index in [0.29, 0.717) is 5.92 Å². The molecule has 0 amide bonds. The Labute approximate surface area is 146 Å². The zero-order chi connectivity index (χ0) is 17.2. The minimum Gasteiger partial charge on any atom is -0.285 e. The molecule has 0 spiro atoms. The molecule has 1 N–H and O–H groups in total. The van der Waals surface area contributed by atoms with Crippen LogP contribution in [0, 0.1) is 17.8 Å². The van der Waals surface area contributed by atoms with Crippen molar-refractivity contribution in [2.45, 2.75) is 13.8 Å². The number of benzene rings is 1. The van der Waals surface area contributed by atoms with Crippen LogP contribution in [0.4, 0.5) is 0 Å². The van der Waals surface area contributed by atoms with E-state index in [1.165, 1.54) is 0 Å². The van der Waals surface area contributed by atoms with Gasteiger partial charge in [0.1, 0.15) is 0 Å². The molecule has 3 heterocycles. The molecule has 4 heteroatoms. The molecule has 0 saturated carbocycles. The first-order chi connectivity index (χ1) is 12.2. The van der Waals surface area contributed by atoms with Gasteiger partial charge in [-0.25, -0.2) is 4.52 Å². The Balaban J connectivity index is 1.81. The fourth-order valence-corrected chi connectivity index (χ4v) is 2.83. The van der Waals surface area contributed by atoms with Crippen LogP contribution in [0.3, 0.4) is 0 Å². The molecule has 1 aromatic carbocycles. The molecule has 3 aromatic heterocycles. The van der Waals surface area contributed by atoms with Gasteiger partial charge in [0.2, 0.25) is 0 Å². The summed E-state index contributed by atoms with van der Waals surface area (Å²) in [6, 6.07) is 12.5. The summed E-state index contributed by atoms with van der Waals surface area (Å²) < 4.78 is 1.89. The summed E-state index contributed by atoms with van der Waals surface area (Å²) in [7, 11) is 0. The fourth-order valence-electron chi connectivity index (χ4n) is 2.83. The lowest BCUT2D eigenvalue weighted by Gasteiger charge is -2.04. The summed E-state index contributed by atoms with van der Waals surface area (Å²) in [6.45, 7) is 4.19. The van der Waals surface area contributed by atoms with Gasteiger partial charge in [0.25, 0.3) is 0 Å². The van der Waals surface area contributed by atoms with Crippen molar-refractivity contribution in [3.63, 3.8) is 0 Å². The minimum atomic E-state index is 0.334. The van der Waals surface area contributed by atoms with Crippen LogP contribution in [-0.4, -0.2) is 19.8 Å². The lowest BCUT2D eigenvalue weighted by molar-refractivity contribution is 0.866. The van der Waals surface area contributed by atoms with Crippen LogP contribution in [0.2, 0.25) is 0 Å². The molecule has 0 saturated heterocycles. The van der Waals surface area contributed by atoms with Crippen LogP contribution in [-0.2, 0) is 0 Å². The first kappa shape index (κ1) is 15.2. The number of nitrogens with zero attached hydrogens (tertiary/aromatic N) is 3. The third kappa shape index (κ3) is 2.92. The highest BCUT2D eigenvalue weighted by molar-refractivity contribution is 5.85. The Hall–Kier alpha value is -3.32. The van der Waals surface area contributed by atoms with E-state index in [1.54, 1.807) is 0 Å². The maximum absolute atomic E-state index is 4.49. The van der Waals surface area contributed by atoms with Gasteiger partial charge in [-0.1, -0.05) is 50.0 Å². The average Bonchev–Trinajstić information content (AvgIpc) is 3.30. The molecule has 0 atom stereocenters. The van der Waals surface area contributed by atoms with Gasteiger partial charge in [0, 0.05) is 29.4 Å². The van der Waals surface area contributed by atoms with Crippen molar-refractivity contribution in [2.24, 2.45) is 5.92 Å². The number of nitrogens with one attached hydrogen (secondary N) is 1. The first-order valence-corrected chi connectivity index (χ1v) is 8.30. The molecule has 4 nitrogen and oxygen atoms in total. The van der Waals surface area contributed by atoms with Crippen LogP contribution >= 0.6 is 0 Å². The smallest absolute Gasteiger partial charge is 0.0896 e. The van der Waals surface area contributed by atoms with Gasteiger partial charge >= 0.3 is 0 Å². The Morgan fingerprint density at radius 1 is 1.00 bits per heavy atom. The van der Waals surface area contributed by atoms with E-state index in [2.05, 4.69) is 71.3 Å². The number of rotatable bonds is 2. The highest BCUT2D eigenvalue weighted by Gasteiger charge is 2.10. The monoisotopic (exact) mass is 326 g/mol. The first-order valence-electron chi connectivity index (χ1n) is 8.30. The predicted molar refractivity (Wildman–Crippen MR) is 99.9 cm³/mol. The second kappa shape index (κ2) is 6.29. The van der Waals surface area contributed by atoms with Gasteiger partial charge in [-0.05, 0) is 23.3 Å². The topological polar surface area (TPSA) is 46.0 Å². The summed E-state index contributed by atoms with van der Waals surface area (Å²) in [4.78, 5) is 0. The van der Waals surface area contributed by atoms with E-state index in [-0.39, 0.29) is 0 Å². The molecule has 0 fully saturated rings. The second-order valence-electron chi connectivity index (χ2n) is 6.26. The molecule has 0 radical (unpaired) electrons. The molecule has 0 unspecified atom stereocenters. The zero-order valence-corrected chi connectivity index (χ0v) is 14.2. The quantitative estimate of drug-likeness (QED) is 0.555. The van der Waals surface area contributed by atoms with E-state index in [4.69, 9.17) is 0 Å². The zero-order valence-electron chi connectivity index (χ0n) is 14.2. The Kier molecular flexibility index (Phi) is 3.83. The lowest BCUT2D eigenvalue weighted by Crippen LogP contribution is -1.90. The molecule has 0 bridgehead atoms. The summed E-state index contributed by atoms with van der Waals surface area (Å²) in [6.07, 6.45) is 7.58. The highest BCUT2D eigenvalue weighted by atomic mass is 15.2. The Morgan fingerprint density at radius 2 is 1.80 bits per heavy atom. The van der Waals surface area contributed by atoms with Crippen molar-refractivity contribution in [3.8, 4) is 34.1 Å². The number of H-pyrrole nitrogens is 1. The highest BCUT2D eigenvalue weighted by Crippen LogP contribution is 2.29. The number of fused-ring (bicyclic) bond motifs is 1. The molecule has 122 valence electrons. The molecule has 0 aliphatic heterocycles. The Bertz CT molecular complexity index is 1060. The summed E-state index contributed by atoms with van der Waals surface area (Å²) in [5.74, 6) is 6.88. The number of pyridine rings is 1. The maximum Gasteiger partial charge on any atom is 0.0896 e. The maximum atomic E-state index is 4.49. The predicted octanol–water partition coefficient (Wildman–Crippen LogP) is 4.40. The standard InChI is InChI=1S/C21H18N4/c1-15(2)5-6-18-4-3-11-25-21(18)20(14-24-25)17-9-7-16(8-10-17)19-12-22-23-13-19/h3-4,7-15H,1-2H3,(H,22,23). The van der Waals surface area contributed by atoms with Gasteiger partial charge in [0.15, 0.2) is 0 Å². The number of aromatic amines is 1. The van der Waals surface area contributed by atoms with Gasteiger partial charge in [-0.15, -0.1) is 0 Å². The van der Waals surface area contributed by atoms with Gasteiger partial charge in [-0.2, -0.15) is 10.2 Å². The lowest BCUT2D eigenvalue weighted by atomic mass is 10.0. The summed E-state index contributed by atoms with van der Waals surface area (Å²) in [5.41, 5.74) is 6.48. The number of hydrogen-bond donors (Lipinski definition) is 1. The van der Waals surface area contributed by atoms with Gasteiger partial charge in [0.05, 0.1) is 23.5 Å². The van der Waals surface area contributed by atoms with Crippen LogP contribution in [0.15, 0.2) is 61.2 Å². The van der Waals surface area contributed by atoms with Crippen molar-refractivity contribution in [3.05, 3.63) is 66.7 Å². The number of aromatic nitrogens is 4. The number of hydrogen-bond acceptors (Lipinski definition) is 2. The van der Waals surface area contributed by atoms with E-state index >= 15 is 0 Å². The van der Waals surface area contributed by atoms with E-state index < -0.39 is 0 Å². The van der Waals surface area contributed by atoms with Crippen molar-refractivity contribution in [2.75, 3.05) is 0 Å². The van der Waals surface area contributed by atoms with Crippen LogP contribution in [0.25, 0.3) is 27.8 Å². The Morgan fingerprint density at radius 3 is 2.52 bits per heavy atom. The minimum absolute atomic E-state index is 0.334. The van der Waals surface area contributed by atoms with Crippen LogP contribution < -0.4 is 0 Å². The van der Waals surface area contributed by atoms with Gasteiger partial charge in [-0.3, -0.25) is 5.10 Å². The normalized spacial score (nSPS) is 10.8. The SMILES string of the molecule is CC(C)C#Cc1cccn2ncc(-c3ccc(-c4cn[nH]c4)cc3)c12. The van der Waals surface area contributed by atoms with E-state index in [9.17, 15) is 0 Å². The van der Waals surface area contributed by atoms with Crippen molar-refractivity contribution in [1.82, 2.24) is 19.8 Å². The third-order valence-electron chi connectivity index (χ3n) is 4.06. The molecule has 25 heavy (non-hydrogen) atoms. The molecule has 0 aliphatic rings. The molecular weight excluding hydrogens is 308 g/mol. The summed E-state index contributed by atoms with van der Waals surface area (Å²) >= 11 is 0. The largest absolute Gasteiger partial charge is 0.285 e. The summed E-state index contributed by atoms with van der Waals surface area (Å²) in [5, 5.41) is 11.3. The third-order valence-corrected chi connectivity index (χ3v) is 4.06. The van der Waals surface area contributed by atoms with E-state index in [0.717, 1.165) is 33.3 Å².